The van der Waals surface area contributed by atoms with E-state index in [0.29, 0.717) is 16.5 Å². The van der Waals surface area contributed by atoms with Gasteiger partial charge in [0, 0.05) is 17.8 Å². The summed E-state index contributed by atoms with van der Waals surface area (Å²) in [4.78, 5) is 24.3. The first-order valence-electron chi connectivity index (χ1n) is 6.32. The van der Waals surface area contributed by atoms with E-state index in [9.17, 15) is 13.2 Å². The summed E-state index contributed by atoms with van der Waals surface area (Å²) in [7, 11) is -3.42. The van der Waals surface area contributed by atoms with Crippen LogP contribution in [-0.4, -0.2) is 41.6 Å². The van der Waals surface area contributed by atoms with Gasteiger partial charge in [-0.15, -0.1) is 11.3 Å². The number of nitrogens with zero attached hydrogens (tertiary/aromatic N) is 3. The van der Waals surface area contributed by atoms with Crippen molar-refractivity contribution in [2.45, 2.75) is 19.5 Å². The number of carbonyl (C=O) groups is 1. The van der Waals surface area contributed by atoms with Crippen molar-refractivity contribution in [1.82, 2.24) is 25.0 Å². The minimum absolute atomic E-state index is 0.206. The Balaban J connectivity index is 1.93. The highest BCUT2D eigenvalue weighted by Gasteiger charge is 2.17. The summed E-state index contributed by atoms with van der Waals surface area (Å²) >= 11 is 1.37. The van der Waals surface area contributed by atoms with Gasteiger partial charge in [-0.3, -0.25) is 4.79 Å². The summed E-state index contributed by atoms with van der Waals surface area (Å²) in [5.74, 6) is 0.105. The van der Waals surface area contributed by atoms with Gasteiger partial charge in [-0.1, -0.05) is 0 Å². The molecule has 1 unspecified atom stereocenters. The van der Waals surface area contributed by atoms with Gasteiger partial charge >= 0.3 is 0 Å². The lowest BCUT2D eigenvalue weighted by atomic mass is 10.3. The molecule has 118 valence electrons. The Morgan fingerprint density at radius 2 is 2.05 bits per heavy atom. The molecule has 0 saturated carbocycles. The molecule has 0 radical (unpaired) electrons. The Labute approximate surface area is 132 Å². The van der Waals surface area contributed by atoms with Crippen molar-refractivity contribution in [3.8, 4) is 10.8 Å². The van der Waals surface area contributed by atoms with Gasteiger partial charge in [-0.05, 0) is 13.0 Å². The van der Waals surface area contributed by atoms with Gasteiger partial charge in [0.15, 0.2) is 10.8 Å². The lowest BCUT2D eigenvalue weighted by Crippen LogP contribution is -2.44. The molecule has 1 atom stereocenters. The minimum atomic E-state index is -3.42. The van der Waals surface area contributed by atoms with E-state index < -0.39 is 22.0 Å². The SMILES string of the molecule is CC(NS(C)(=O)=O)C(=O)NCc1csc(-c2ncccn2)n1. The van der Waals surface area contributed by atoms with Gasteiger partial charge < -0.3 is 5.32 Å². The molecule has 2 heterocycles. The smallest absolute Gasteiger partial charge is 0.238 e. The van der Waals surface area contributed by atoms with Crippen LogP contribution in [0.4, 0.5) is 0 Å². The second-order valence-electron chi connectivity index (χ2n) is 4.55. The van der Waals surface area contributed by atoms with Gasteiger partial charge in [0.1, 0.15) is 0 Å². The van der Waals surface area contributed by atoms with Crippen molar-refractivity contribution >= 4 is 27.3 Å². The van der Waals surface area contributed by atoms with Crippen LogP contribution in [0.3, 0.4) is 0 Å². The van der Waals surface area contributed by atoms with Crippen LogP contribution in [0, 0.1) is 0 Å². The third-order valence-electron chi connectivity index (χ3n) is 2.54. The molecule has 2 aromatic rings. The van der Waals surface area contributed by atoms with Crippen molar-refractivity contribution in [1.29, 1.82) is 0 Å². The average molecular weight is 341 g/mol. The molecule has 0 aliphatic heterocycles. The maximum absolute atomic E-state index is 11.8. The van der Waals surface area contributed by atoms with E-state index in [1.165, 1.54) is 18.3 Å². The highest BCUT2D eigenvalue weighted by molar-refractivity contribution is 7.88. The number of hydrogen-bond acceptors (Lipinski definition) is 7. The molecule has 10 heteroatoms. The topological polar surface area (TPSA) is 114 Å². The number of hydrogen-bond donors (Lipinski definition) is 2. The van der Waals surface area contributed by atoms with E-state index >= 15 is 0 Å². The molecule has 2 N–H and O–H groups in total. The van der Waals surface area contributed by atoms with Crippen molar-refractivity contribution in [2.75, 3.05) is 6.26 Å². The van der Waals surface area contributed by atoms with E-state index in [-0.39, 0.29) is 6.54 Å². The summed E-state index contributed by atoms with van der Waals surface area (Å²) in [5, 5.41) is 5.08. The molecule has 0 aromatic carbocycles. The molecular weight excluding hydrogens is 326 g/mol. The fourth-order valence-corrected chi connectivity index (χ4v) is 3.12. The zero-order chi connectivity index (χ0) is 16.2. The first kappa shape index (κ1) is 16.5. The van der Waals surface area contributed by atoms with Crippen molar-refractivity contribution in [2.24, 2.45) is 0 Å². The number of rotatable bonds is 6. The third-order valence-corrected chi connectivity index (χ3v) is 4.21. The zero-order valence-corrected chi connectivity index (χ0v) is 13.6. The fraction of sp³-hybridized carbons (Fsp3) is 0.333. The highest BCUT2D eigenvalue weighted by atomic mass is 32.2. The maximum atomic E-state index is 11.8. The van der Waals surface area contributed by atoms with Gasteiger partial charge in [0.25, 0.3) is 0 Å². The number of sulfonamides is 1. The molecule has 0 saturated heterocycles. The van der Waals surface area contributed by atoms with Crippen LogP contribution >= 0.6 is 11.3 Å². The molecule has 0 spiro atoms. The molecular formula is C12H15N5O3S2. The summed E-state index contributed by atoms with van der Waals surface area (Å²) in [6.45, 7) is 1.68. The lowest BCUT2D eigenvalue weighted by molar-refractivity contribution is -0.122. The minimum Gasteiger partial charge on any atom is -0.349 e. The Morgan fingerprint density at radius 3 is 2.68 bits per heavy atom. The maximum Gasteiger partial charge on any atom is 0.238 e. The summed E-state index contributed by atoms with van der Waals surface area (Å²) in [6, 6.07) is 0.875. The quantitative estimate of drug-likeness (QED) is 0.773. The van der Waals surface area contributed by atoms with Gasteiger partial charge in [-0.2, -0.15) is 0 Å². The Morgan fingerprint density at radius 1 is 1.36 bits per heavy atom. The number of aromatic nitrogens is 3. The lowest BCUT2D eigenvalue weighted by Gasteiger charge is -2.11. The second-order valence-corrected chi connectivity index (χ2v) is 7.18. The van der Waals surface area contributed by atoms with Gasteiger partial charge in [0.2, 0.25) is 15.9 Å². The molecule has 1 amide bonds. The molecule has 0 fully saturated rings. The predicted molar refractivity (Wildman–Crippen MR) is 82.4 cm³/mol. The van der Waals surface area contributed by atoms with Crippen LogP contribution in [0.15, 0.2) is 23.8 Å². The van der Waals surface area contributed by atoms with Crippen molar-refractivity contribution < 1.29 is 13.2 Å². The van der Waals surface area contributed by atoms with Crippen LogP contribution in [0.1, 0.15) is 12.6 Å². The Kier molecular flexibility index (Phi) is 5.16. The van der Waals surface area contributed by atoms with Gasteiger partial charge in [-0.25, -0.2) is 28.1 Å². The number of amides is 1. The molecule has 2 aromatic heterocycles. The molecule has 0 aliphatic rings. The molecule has 2 rings (SSSR count). The number of carbonyl (C=O) groups excluding carboxylic acids is 1. The van der Waals surface area contributed by atoms with E-state index in [0.717, 1.165) is 6.26 Å². The zero-order valence-electron chi connectivity index (χ0n) is 12.0. The number of thiazole rings is 1. The van der Waals surface area contributed by atoms with Gasteiger partial charge in [0.05, 0.1) is 24.5 Å². The second kappa shape index (κ2) is 6.90. The van der Waals surface area contributed by atoms with Crippen molar-refractivity contribution in [3.05, 3.63) is 29.5 Å². The van der Waals surface area contributed by atoms with Crippen LogP contribution in [-0.2, 0) is 21.4 Å². The first-order chi connectivity index (χ1) is 10.3. The first-order valence-corrected chi connectivity index (χ1v) is 9.09. The van der Waals surface area contributed by atoms with Crippen LogP contribution in [0.5, 0.6) is 0 Å². The molecule has 0 aliphatic carbocycles. The van der Waals surface area contributed by atoms with E-state index in [4.69, 9.17) is 0 Å². The Bertz CT molecular complexity index is 745. The number of nitrogens with one attached hydrogen (secondary N) is 2. The molecule has 0 bridgehead atoms. The normalized spacial score (nSPS) is 12.8. The van der Waals surface area contributed by atoms with Crippen LogP contribution in [0.25, 0.3) is 10.8 Å². The fourth-order valence-electron chi connectivity index (χ4n) is 1.61. The molecule has 8 nitrogen and oxygen atoms in total. The molecule has 22 heavy (non-hydrogen) atoms. The summed E-state index contributed by atoms with van der Waals surface area (Å²) in [6.07, 6.45) is 4.26. The van der Waals surface area contributed by atoms with Crippen molar-refractivity contribution in [3.63, 3.8) is 0 Å². The van der Waals surface area contributed by atoms with E-state index in [2.05, 4.69) is 25.0 Å². The monoisotopic (exact) mass is 341 g/mol. The summed E-state index contributed by atoms with van der Waals surface area (Å²) in [5.41, 5.74) is 0.660. The summed E-state index contributed by atoms with van der Waals surface area (Å²) < 4.78 is 24.3. The average Bonchev–Trinajstić information content (AvgIpc) is 2.92. The largest absolute Gasteiger partial charge is 0.349 e. The third kappa shape index (κ3) is 4.83. The van der Waals surface area contributed by atoms with Crippen LogP contribution < -0.4 is 10.0 Å². The standard InChI is InChI=1S/C12H15N5O3S2/c1-8(17-22(2,19)20)11(18)15-6-9-7-21-12(16-9)10-13-4-3-5-14-10/h3-5,7-8,17H,6H2,1-2H3,(H,15,18). The van der Waals surface area contributed by atoms with Crippen LogP contribution in [0.2, 0.25) is 0 Å². The predicted octanol–water partition coefficient (Wildman–Crippen LogP) is 0.154. The van der Waals surface area contributed by atoms with E-state index in [1.807, 2.05) is 0 Å². The van der Waals surface area contributed by atoms with E-state index in [1.54, 1.807) is 23.8 Å². The highest BCUT2D eigenvalue weighted by Crippen LogP contribution is 2.19. The Hall–Kier alpha value is -1.91.